The Bertz CT molecular complexity index is 172. The highest BCUT2D eigenvalue weighted by molar-refractivity contribution is 14.1. The fraction of sp³-hybridized carbons (Fsp3) is 0.750. The van der Waals surface area contributed by atoms with Crippen molar-refractivity contribution in [2.45, 2.75) is 25.3 Å². The summed E-state index contributed by atoms with van der Waals surface area (Å²) in [6.07, 6.45) is 7.92. The Labute approximate surface area is 86.7 Å². The maximum Gasteiger partial charge on any atom is 0.0946 e. The molecule has 0 heterocycles. The molecule has 0 aromatic carbocycles. The lowest BCUT2D eigenvalue weighted by atomic mass is 10.0. The summed E-state index contributed by atoms with van der Waals surface area (Å²) in [6, 6.07) is 0.609. The molecule has 1 unspecified atom stereocenters. The van der Waals surface area contributed by atoms with Crippen LogP contribution in [-0.2, 0) is 0 Å². The third-order valence-corrected chi connectivity index (χ3v) is 3.31. The molecule has 0 spiro atoms. The molecule has 0 saturated heterocycles. The lowest BCUT2D eigenvalue weighted by Gasteiger charge is -2.25. The van der Waals surface area contributed by atoms with Crippen LogP contribution in [0.2, 0.25) is 0 Å². The first kappa shape index (κ1) is 10.1. The van der Waals surface area contributed by atoms with Gasteiger partial charge in [-0.3, -0.25) is 0 Å². The molecular weight excluding hydrogens is 267 g/mol. The van der Waals surface area contributed by atoms with Gasteiger partial charge in [-0.05, 0) is 19.3 Å². The third-order valence-electron chi connectivity index (χ3n) is 2.04. The van der Waals surface area contributed by atoms with Crippen LogP contribution in [0.3, 0.4) is 0 Å². The highest BCUT2D eigenvalue weighted by atomic mass is 127. The minimum absolute atomic E-state index is 0.406. The fourth-order valence-electron chi connectivity index (χ4n) is 1.35. The Hall–Kier alpha value is 0.0300. The molecule has 0 radical (unpaired) electrons. The number of allylic oxidation sites excluding steroid dienone is 1. The van der Waals surface area contributed by atoms with E-state index >= 15 is 0 Å². The van der Waals surface area contributed by atoms with Gasteiger partial charge in [0.15, 0.2) is 0 Å². The quantitative estimate of drug-likeness (QED) is 0.343. The van der Waals surface area contributed by atoms with Gasteiger partial charge >= 0.3 is 0 Å². The van der Waals surface area contributed by atoms with Crippen molar-refractivity contribution in [3.8, 4) is 0 Å². The van der Waals surface area contributed by atoms with Crippen molar-refractivity contribution < 1.29 is 0 Å². The molecule has 0 saturated carbocycles. The van der Waals surface area contributed by atoms with E-state index in [0.717, 1.165) is 13.0 Å². The Balaban J connectivity index is 2.25. The van der Waals surface area contributed by atoms with Crippen molar-refractivity contribution in [2.24, 2.45) is 5.18 Å². The van der Waals surface area contributed by atoms with E-state index in [-0.39, 0.29) is 0 Å². The van der Waals surface area contributed by atoms with Crippen molar-refractivity contribution in [2.75, 3.05) is 13.1 Å². The maximum atomic E-state index is 9.90. The molecule has 1 aliphatic rings. The SMILES string of the molecule is O=NCCN(I)C1CC=CCC1. The Kier molecular flexibility index (Phi) is 4.75. The Morgan fingerprint density at radius 3 is 3.00 bits per heavy atom. The summed E-state index contributed by atoms with van der Waals surface area (Å²) >= 11 is 2.28. The highest BCUT2D eigenvalue weighted by Crippen LogP contribution is 2.19. The van der Waals surface area contributed by atoms with E-state index < -0.39 is 0 Å². The Morgan fingerprint density at radius 2 is 2.42 bits per heavy atom. The molecule has 12 heavy (non-hydrogen) atoms. The molecule has 0 amide bonds. The molecule has 1 atom stereocenters. The number of nitrogens with zero attached hydrogens (tertiary/aromatic N) is 2. The zero-order valence-corrected chi connectivity index (χ0v) is 9.11. The van der Waals surface area contributed by atoms with Crippen LogP contribution in [0.1, 0.15) is 19.3 Å². The van der Waals surface area contributed by atoms with Gasteiger partial charge in [-0.25, -0.2) is 3.11 Å². The van der Waals surface area contributed by atoms with E-state index in [9.17, 15) is 4.91 Å². The summed E-state index contributed by atoms with van der Waals surface area (Å²) in [5, 5.41) is 2.86. The van der Waals surface area contributed by atoms with Gasteiger partial charge in [0.25, 0.3) is 0 Å². The van der Waals surface area contributed by atoms with E-state index in [4.69, 9.17) is 0 Å². The van der Waals surface area contributed by atoms with E-state index in [0.29, 0.717) is 12.6 Å². The molecule has 68 valence electrons. The summed E-state index contributed by atoms with van der Waals surface area (Å²) in [5.74, 6) is 0. The fourth-order valence-corrected chi connectivity index (χ4v) is 2.07. The third kappa shape index (κ3) is 3.18. The molecular formula is C8H13IN2O. The van der Waals surface area contributed by atoms with Gasteiger partial charge in [-0.15, -0.1) is 0 Å². The molecule has 0 aromatic rings. The lowest BCUT2D eigenvalue weighted by Crippen LogP contribution is -2.29. The number of nitroso groups, excluding NO2 is 1. The standard InChI is InChI=1S/C8H13IN2O/c9-11(7-6-10-12)8-4-2-1-3-5-8/h1-2,8H,3-7H2. The predicted octanol–water partition coefficient (Wildman–Crippen LogP) is 2.51. The predicted molar refractivity (Wildman–Crippen MR) is 58.2 cm³/mol. The van der Waals surface area contributed by atoms with E-state index in [2.05, 4.69) is 43.3 Å². The molecule has 0 bridgehead atoms. The minimum atomic E-state index is 0.406. The van der Waals surface area contributed by atoms with Gasteiger partial charge in [0.2, 0.25) is 0 Å². The summed E-state index contributed by atoms with van der Waals surface area (Å²) in [4.78, 5) is 9.90. The first-order chi connectivity index (χ1) is 5.84. The van der Waals surface area contributed by atoms with Crippen LogP contribution in [0.25, 0.3) is 0 Å². The topological polar surface area (TPSA) is 32.7 Å². The smallest absolute Gasteiger partial charge is 0.0946 e. The zero-order chi connectivity index (χ0) is 8.81. The van der Waals surface area contributed by atoms with Crippen LogP contribution in [0.15, 0.2) is 17.3 Å². The first-order valence-corrected chi connectivity index (χ1v) is 5.17. The zero-order valence-electron chi connectivity index (χ0n) is 6.95. The molecule has 3 nitrogen and oxygen atoms in total. The van der Waals surface area contributed by atoms with Crippen LogP contribution in [0.5, 0.6) is 0 Å². The van der Waals surface area contributed by atoms with E-state index in [1.54, 1.807) is 0 Å². The van der Waals surface area contributed by atoms with Crippen LogP contribution < -0.4 is 0 Å². The molecule has 0 N–H and O–H groups in total. The maximum absolute atomic E-state index is 9.90. The van der Waals surface area contributed by atoms with Crippen LogP contribution in [0, 0.1) is 4.91 Å². The largest absolute Gasteiger partial charge is 0.242 e. The van der Waals surface area contributed by atoms with Crippen molar-refractivity contribution in [3.63, 3.8) is 0 Å². The van der Waals surface area contributed by atoms with Crippen molar-refractivity contribution in [1.82, 2.24) is 3.11 Å². The van der Waals surface area contributed by atoms with Gasteiger partial charge in [0, 0.05) is 35.5 Å². The molecule has 0 fully saturated rings. The monoisotopic (exact) mass is 280 g/mol. The summed E-state index contributed by atoms with van der Waals surface area (Å²) in [7, 11) is 0. The van der Waals surface area contributed by atoms with Crippen molar-refractivity contribution in [3.05, 3.63) is 17.1 Å². The molecule has 1 rings (SSSR count). The summed E-state index contributed by atoms with van der Waals surface area (Å²) in [6.45, 7) is 1.19. The van der Waals surface area contributed by atoms with Crippen molar-refractivity contribution >= 4 is 22.9 Å². The molecule has 4 heteroatoms. The highest BCUT2D eigenvalue weighted by Gasteiger charge is 2.15. The van der Waals surface area contributed by atoms with Gasteiger partial charge in [-0.2, -0.15) is 4.91 Å². The number of halogens is 1. The number of hydrogen-bond acceptors (Lipinski definition) is 3. The Morgan fingerprint density at radius 1 is 1.58 bits per heavy atom. The van der Waals surface area contributed by atoms with Crippen molar-refractivity contribution in [1.29, 1.82) is 0 Å². The molecule has 0 aromatic heterocycles. The second-order valence-corrected chi connectivity index (χ2v) is 4.15. The lowest BCUT2D eigenvalue weighted by molar-refractivity contribution is 0.363. The second-order valence-electron chi connectivity index (χ2n) is 2.91. The normalized spacial score (nSPS) is 23.0. The first-order valence-electron chi connectivity index (χ1n) is 4.21. The average Bonchev–Trinajstić information content (AvgIpc) is 2.15. The van der Waals surface area contributed by atoms with Gasteiger partial charge < -0.3 is 0 Å². The van der Waals surface area contributed by atoms with Crippen LogP contribution in [-0.4, -0.2) is 22.2 Å². The van der Waals surface area contributed by atoms with Gasteiger partial charge in [0.1, 0.15) is 0 Å². The molecule has 1 aliphatic carbocycles. The summed E-state index contributed by atoms with van der Waals surface area (Å²) in [5.41, 5.74) is 0. The second kappa shape index (κ2) is 5.64. The minimum Gasteiger partial charge on any atom is -0.242 e. The van der Waals surface area contributed by atoms with Crippen LogP contribution >= 0.6 is 22.9 Å². The number of hydrogen-bond donors (Lipinski definition) is 0. The average molecular weight is 280 g/mol. The van der Waals surface area contributed by atoms with Gasteiger partial charge in [-0.1, -0.05) is 17.3 Å². The van der Waals surface area contributed by atoms with Crippen LogP contribution in [0.4, 0.5) is 0 Å². The van der Waals surface area contributed by atoms with E-state index in [1.165, 1.54) is 12.8 Å². The van der Waals surface area contributed by atoms with Gasteiger partial charge in [0.05, 0.1) is 6.54 Å². The number of rotatable bonds is 4. The van der Waals surface area contributed by atoms with E-state index in [1.807, 2.05) is 0 Å². The molecule has 0 aliphatic heterocycles. The summed E-state index contributed by atoms with van der Waals surface area (Å²) < 4.78 is 2.20.